The van der Waals surface area contributed by atoms with Gasteiger partial charge in [0.25, 0.3) is 0 Å². The largest absolute Gasteiger partial charge is 0.508 e. The third-order valence-corrected chi connectivity index (χ3v) is 5.64. The molecule has 4 N–H and O–H groups in total. The Morgan fingerprint density at radius 3 is 1.32 bits per heavy atom. The van der Waals surface area contributed by atoms with E-state index in [2.05, 4.69) is 0 Å². The number of hydrogen-bond acceptors (Lipinski definition) is 8. The molecule has 4 rings (SSSR count). The number of carbonyl (C=O) groups is 2. The van der Waals surface area contributed by atoms with Crippen molar-refractivity contribution in [3.8, 4) is 23.0 Å². The lowest BCUT2D eigenvalue weighted by Crippen LogP contribution is -2.41. The van der Waals surface area contributed by atoms with Gasteiger partial charge in [-0.1, -0.05) is 24.3 Å². The van der Waals surface area contributed by atoms with Gasteiger partial charge in [-0.05, 0) is 46.3 Å². The summed E-state index contributed by atoms with van der Waals surface area (Å²) in [5, 5.41) is 39.3. The molecule has 0 saturated heterocycles. The molecule has 168 valence electrons. The number of rotatable bonds is 4. The van der Waals surface area contributed by atoms with Crippen molar-refractivity contribution in [3.63, 3.8) is 0 Å². The Morgan fingerprint density at radius 2 is 1.00 bits per heavy atom. The zero-order chi connectivity index (χ0) is 24.6. The number of benzene rings is 3. The summed E-state index contributed by atoms with van der Waals surface area (Å²) in [5.74, 6) is -3.64. The fraction of sp³-hybridized carbons (Fsp3) is 0.167. The van der Waals surface area contributed by atoms with Crippen LogP contribution in [0.25, 0.3) is 0 Å². The minimum atomic E-state index is -0.899. The third-order valence-electron chi connectivity index (χ3n) is 5.64. The highest BCUT2D eigenvalue weighted by molar-refractivity contribution is 6.36. The van der Waals surface area contributed by atoms with E-state index in [0.717, 1.165) is 35.4 Å². The second-order valence-corrected chi connectivity index (χ2v) is 7.92. The molecule has 4 radical (unpaired) electrons. The molecule has 0 spiro atoms. The van der Waals surface area contributed by atoms with Crippen LogP contribution in [0.1, 0.15) is 31.8 Å². The predicted molar refractivity (Wildman–Crippen MR) is 123 cm³/mol. The number of hydrogen-bond donors (Lipinski definition) is 4. The normalized spacial score (nSPS) is 16.9. The summed E-state index contributed by atoms with van der Waals surface area (Å²) >= 11 is 0. The van der Waals surface area contributed by atoms with E-state index in [1.807, 2.05) is 24.3 Å². The van der Waals surface area contributed by atoms with E-state index < -0.39 is 47.1 Å². The molecule has 34 heavy (non-hydrogen) atoms. The highest BCUT2D eigenvalue weighted by Gasteiger charge is 2.35. The third kappa shape index (κ3) is 4.52. The second-order valence-electron chi connectivity index (χ2n) is 7.92. The summed E-state index contributed by atoms with van der Waals surface area (Å²) in [4.78, 5) is 25.5. The standard InChI is InChI=1S/C24H18B2O8/c25-21-15(27)5-13(6-16(21)28)23(31)33-19-9-11-3-1-2-4-12(11)10-20(19)34-24(32)14-7-17(29)22(26)18(30)8-14/h1-8,19-20,27-30H,9-10H2/t19-,20+. The van der Waals surface area contributed by atoms with E-state index in [0.29, 0.717) is 0 Å². The Bertz CT molecular complexity index is 1150. The van der Waals surface area contributed by atoms with Gasteiger partial charge in [-0.3, -0.25) is 0 Å². The molecule has 0 aromatic heterocycles. The molecule has 8 nitrogen and oxygen atoms in total. The highest BCUT2D eigenvalue weighted by atomic mass is 16.6. The SMILES string of the molecule is [B]c1c(O)cc(C(=O)O[C@H]2Cc3ccccc3C[C@H]2OC(=O)c2cc(O)c([B])c(O)c2)cc1O. The Balaban J connectivity index is 1.60. The van der Waals surface area contributed by atoms with Crippen molar-refractivity contribution in [1.29, 1.82) is 0 Å². The fourth-order valence-electron chi connectivity index (χ4n) is 3.78. The number of carbonyl (C=O) groups excluding carboxylic acids is 2. The van der Waals surface area contributed by atoms with E-state index >= 15 is 0 Å². The van der Waals surface area contributed by atoms with Crippen molar-refractivity contribution in [1.82, 2.24) is 0 Å². The van der Waals surface area contributed by atoms with Crippen molar-refractivity contribution in [2.45, 2.75) is 25.0 Å². The Hall–Kier alpha value is -4.07. The number of esters is 2. The zero-order valence-corrected chi connectivity index (χ0v) is 17.8. The van der Waals surface area contributed by atoms with Gasteiger partial charge in [0.15, 0.2) is 0 Å². The van der Waals surface area contributed by atoms with Crippen LogP contribution in [0, 0.1) is 0 Å². The van der Waals surface area contributed by atoms with Crippen LogP contribution in [0.5, 0.6) is 23.0 Å². The van der Waals surface area contributed by atoms with Gasteiger partial charge in [0, 0.05) is 12.8 Å². The van der Waals surface area contributed by atoms with Crippen LogP contribution in [0.15, 0.2) is 48.5 Å². The molecule has 3 aromatic carbocycles. The van der Waals surface area contributed by atoms with Crippen LogP contribution in [0.3, 0.4) is 0 Å². The molecule has 10 heteroatoms. The summed E-state index contributed by atoms with van der Waals surface area (Å²) in [6.45, 7) is 0. The molecule has 0 amide bonds. The van der Waals surface area contributed by atoms with Gasteiger partial charge < -0.3 is 29.9 Å². The summed E-state index contributed by atoms with van der Waals surface area (Å²) in [5.41, 5.74) is 0.981. The van der Waals surface area contributed by atoms with Crippen molar-refractivity contribution < 1.29 is 39.5 Å². The molecule has 0 unspecified atom stereocenters. The van der Waals surface area contributed by atoms with Crippen LogP contribution in [-0.4, -0.2) is 60.3 Å². The monoisotopic (exact) mass is 456 g/mol. The number of phenols is 4. The average molecular weight is 456 g/mol. The van der Waals surface area contributed by atoms with Gasteiger partial charge in [0.05, 0.1) is 11.1 Å². The van der Waals surface area contributed by atoms with Crippen molar-refractivity contribution >= 4 is 38.6 Å². The van der Waals surface area contributed by atoms with Gasteiger partial charge in [0.2, 0.25) is 0 Å². The number of fused-ring (bicyclic) bond motifs is 1. The summed E-state index contributed by atoms with van der Waals surface area (Å²) in [6, 6.07) is 11.7. The first kappa shape index (κ1) is 23.1. The molecule has 2 atom stereocenters. The lowest BCUT2D eigenvalue weighted by molar-refractivity contribution is -0.0389. The maximum atomic E-state index is 12.8. The maximum Gasteiger partial charge on any atom is 0.338 e. The smallest absolute Gasteiger partial charge is 0.338 e. The Kier molecular flexibility index (Phi) is 6.15. The van der Waals surface area contributed by atoms with Crippen LogP contribution in [0.4, 0.5) is 0 Å². The lowest BCUT2D eigenvalue weighted by Gasteiger charge is -2.32. The van der Waals surface area contributed by atoms with E-state index in [-0.39, 0.29) is 34.9 Å². The molecule has 0 bridgehead atoms. The van der Waals surface area contributed by atoms with E-state index in [4.69, 9.17) is 25.2 Å². The molecule has 0 saturated carbocycles. The first-order chi connectivity index (χ1) is 16.1. The average Bonchev–Trinajstić information content (AvgIpc) is 2.80. The van der Waals surface area contributed by atoms with Gasteiger partial charge in [-0.15, -0.1) is 0 Å². The van der Waals surface area contributed by atoms with E-state index in [1.54, 1.807) is 0 Å². The first-order valence-corrected chi connectivity index (χ1v) is 10.3. The lowest BCUT2D eigenvalue weighted by atomic mass is 9.87. The van der Waals surface area contributed by atoms with Gasteiger partial charge in [-0.2, -0.15) is 0 Å². The van der Waals surface area contributed by atoms with E-state index in [1.165, 1.54) is 0 Å². The van der Waals surface area contributed by atoms with Crippen molar-refractivity contribution in [2.24, 2.45) is 0 Å². The fourth-order valence-corrected chi connectivity index (χ4v) is 3.78. The molecular formula is C24H18B2O8. The quantitative estimate of drug-likeness (QED) is 0.333. The molecule has 0 fully saturated rings. The minimum absolute atomic E-state index is 0.137. The number of aromatic hydroxyl groups is 4. The van der Waals surface area contributed by atoms with Crippen molar-refractivity contribution in [3.05, 3.63) is 70.8 Å². The van der Waals surface area contributed by atoms with Crippen LogP contribution < -0.4 is 10.9 Å². The Morgan fingerprint density at radius 1 is 0.676 bits per heavy atom. The topological polar surface area (TPSA) is 134 Å². The summed E-state index contributed by atoms with van der Waals surface area (Å²) in [6.07, 6.45) is -1.32. The number of ether oxygens (including phenoxy) is 2. The van der Waals surface area contributed by atoms with Crippen LogP contribution >= 0.6 is 0 Å². The molecule has 0 heterocycles. The first-order valence-electron chi connectivity index (χ1n) is 10.3. The molecule has 0 aliphatic heterocycles. The zero-order valence-electron chi connectivity index (χ0n) is 17.8. The van der Waals surface area contributed by atoms with Gasteiger partial charge in [0.1, 0.15) is 50.9 Å². The van der Waals surface area contributed by atoms with Gasteiger partial charge in [-0.25, -0.2) is 9.59 Å². The number of phenolic OH excluding ortho intramolecular Hbond substituents is 4. The summed E-state index contributed by atoms with van der Waals surface area (Å²) < 4.78 is 11.2. The molecular weight excluding hydrogens is 438 g/mol. The van der Waals surface area contributed by atoms with Crippen LogP contribution in [0.2, 0.25) is 0 Å². The van der Waals surface area contributed by atoms with Gasteiger partial charge >= 0.3 is 11.9 Å². The molecule has 1 aliphatic carbocycles. The van der Waals surface area contributed by atoms with Crippen LogP contribution in [-0.2, 0) is 22.3 Å². The second kappa shape index (κ2) is 9.05. The minimum Gasteiger partial charge on any atom is -0.508 e. The van der Waals surface area contributed by atoms with Crippen molar-refractivity contribution in [2.75, 3.05) is 0 Å². The molecule has 3 aromatic rings. The Labute approximate surface area is 197 Å². The predicted octanol–water partition coefficient (Wildman–Crippen LogP) is 0.646. The molecule has 1 aliphatic rings. The van der Waals surface area contributed by atoms with E-state index in [9.17, 15) is 30.0 Å². The summed E-state index contributed by atoms with van der Waals surface area (Å²) in [7, 11) is 11.0. The maximum absolute atomic E-state index is 12.8. The highest BCUT2D eigenvalue weighted by Crippen LogP contribution is 2.28.